The van der Waals surface area contributed by atoms with Crippen molar-refractivity contribution in [2.45, 2.75) is 51.3 Å². The minimum atomic E-state index is -0.427. The largest absolute Gasteiger partial charge is 0.457 e. The van der Waals surface area contributed by atoms with Gasteiger partial charge in [-0.2, -0.15) is 0 Å². The maximum absolute atomic E-state index is 11.0. The fourth-order valence-electron chi connectivity index (χ4n) is 2.16. The molecule has 16 heavy (non-hydrogen) atoms. The van der Waals surface area contributed by atoms with E-state index >= 15 is 0 Å². The summed E-state index contributed by atoms with van der Waals surface area (Å²) in [6.45, 7) is 5.15. The second-order valence-corrected chi connectivity index (χ2v) is 4.02. The van der Waals surface area contributed by atoms with E-state index < -0.39 is 6.10 Å². The molecule has 0 saturated carbocycles. The van der Waals surface area contributed by atoms with Crippen molar-refractivity contribution in [3.05, 3.63) is 0 Å². The van der Waals surface area contributed by atoms with E-state index in [1.54, 1.807) is 14.2 Å². The highest BCUT2D eigenvalue weighted by Crippen LogP contribution is 2.26. The molecule has 1 aliphatic heterocycles. The van der Waals surface area contributed by atoms with Crippen LogP contribution in [0.3, 0.4) is 0 Å². The Morgan fingerprint density at radius 3 is 1.94 bits per heavy atom. The van der Waals surface area contributed by atoms with Crippen molar-refractivity contribution < 1.29 is 23.7 Å². The Labute approximate surface area is 96.0 Å². The number of carbonyl (C=O) groups excluding carboxylic acids is 1. The van der Waals surface area contributed by atoms with Crippen molar-refractivity contribution in [2.75, 3.05) is 14.2 Å². The van der Waals surface area contributed by atoms with Crippen LogP contribution < -0.4 is 0 Å². The maximum Gasteiger partial charge on any atom is 0.303 e. The van der Waals surface area contributed by atoms with Crippen LogP contribution in [-0.2, 0) is 23.7 Å². The lowest BCUT2D eigenvalue weighted by molar-refractivity contribution is -0.236. The molecule has 0 N–H and O–H groups in total. The second kappa shape index (κ2) is 5.61. The molecule has 1 aliphatic rings. The lowest BCUT2D eigenvalue weighted by Gasteiger charge is -2.42. The number of ether oxygens (including phenoxy) is 4. The van der Waals surface area contributed by atoms with E-state index in [9.17, 15) is 4.79 Å². The predicted molar refractivity (Wildman–Crippen MR) is 57.2 cm³/mol. The van der Waals surface area contributed by atoms with Gasteiger partial charge >= 0.3 is 5.97 Å². The van der Waals surface area contributed by atoms with Gasteiger partial charge in [0.2, 0.25) is 0 Å². The molecule has 1 saturated heterocycles. The van der Waals surface area contributed by atoms with Crippen molar-refractivity contribution >= 4 is 5.97 Å². The number of hydrogen-bond acceptors (Lipinski definition) is 5. The lowest BCUT2D eigenvalue weighted by atomic mass is 9.96. The molecule has 0 radical (unpaired) electrons. The Morgan fingerprint density at radius 1 is 1.00 bits per heavy atom. The third kappa shape index (κ3) is 2.72. The number of hydrogen-bond donors (Lipinski definition) is 0. The molecule has 1 fully saturated rings. The van der Waals surface area contributed by atoms with Crippen LogP contribution in [-0.4, -0.2) is 50.7 Å². The van der Waals surface area contributed by atoms with Gasteiger partial charge in [-0.05, 0) is 13.8 Å². The van der Waals surface area contributed by atoms with Crippen LogP contribution in [0.2, 0.25) is 0 Å². The van der Waals surface area contributed by atoms with Crippen molar-refractivity contribution in [1.29, 1.82) is 0 Å². The first-order valence-electron chi connectivity index (χ1n) is 5.39. The van der Waals surface area contributed by atoms with Gasteiger partial charge in [0.15, 0.2) is 6.10 Å². The molecule has 5 atom stereocenters. The Kier molecular flexibility index (Phi) is 4.70. The third-order valence-corrected chi connectivity index (χ3v) is 2.85. The summed E-state index contributed by atoms with van der Waals surface area (Å²) in [6, 6.07) is 0. The fraction of sp³-hybridized carbons (Fsp3) is 0.909. The fourth-order valence-corrected chi connectivity index (χ4v) is 2.16. The molecular formula is C11H20O5. The van der Waals surface area contributed by atoms with Crippen molar-refractivity contribution in [1.82, 2.24) is 0 Å². The predicted octanol–water partition coefficient (Wildman–Crippen LogP) is 0.755. The molecule has 0 aromatic carbocycles. The topological polar surface area (TPSA) is 54.0 Å². The number of esters is 1. The maximum atomic E-state index is 11.0. The molecule has 1 heterocycles. The van der Waals surface area contributed by atoms with Crippen molar-refractivity contribution in [2.24, 2.45) is 0 Å². The number of methoxy groups -OCH3 is 2. The summed E-state index contributed by atoms with van der Waals surface area (Å²) in [7, 11) is 3.18. The van der Waals surface area contributed by atoms with E-state index in [4.69, 9.17) is 18.9 Å². The molecule has 0 aromatic rings. The zero-order chi connectivity index (χ0) is 12.3. The molecule has 0 unspecified atom stereocenters. The smallest absolute Gasteiger partial charge is 0.303 e. The van der Waals surface area contributed by atoms with Crippen LogP contribution >= 0.6 is 0 Å². The Balaban J connectivity index is 2.82. The number of carbonyl (C=O) groups is 1. The number of rotatable bonds is 3. The standard InChI is InChI=1S/C11H20O5/c1-6-9(13-4)11(14-5)10(7(2)15-6)16-8(3)12/h6-7,9-11H,1-5H3/t6-,7+,9-,10+,11-/m0/s1. The van der Waals surface area contributed by atoms with Crippen LogP contribution in [0.5, 0.6) is 0 Å². The molecule has 0 aromatic heterocycles. The first kappa shape index (κ1) is 13.4. The molecule has 5 heteroatoms. The third-order valence-electron chi connectivity index (χ3n) is 2.85. The quantitative estimate of drug-likeness (QED) is 0.672. The summed E-state index contributed by atoms with van der Waals surface area (Å²) in [5, 5.41) is 0. The summed E-state index contributed by atoms with van der Waals surface area (Å²) in [4.78, 5) is 11.0. The van der Waals surface area contributed by atoms with Crippen LogP contribution in [0.15, 0.2) is 0 Å². The highest BCUT2D eigenvalue weighted by molar-refractivity contribution is 5.66. The molecule has 0 spiro atoms. The summed E-state index contributed by atoms with van der Waals surface area (Å²) in [5.74, 6) is -0.341. The van der Waals surface area contributed by atoms with Gasteiger partial charge in [0.25, 0.3) is 0 Å². The molecule has 94 valence electrons. The molecule has 1 rings (SSSR count). The highest BCUT2D eigenvalue weighted by Gasteiger charge is 2.44. The Bertz CT molecular complexity index is 243. The molecule has 0 amide bonds. The van der Waals surface area contributed by atoms with Gasteiger partial charge < -0.3 is 18.9 Å². The van der Waals surface area contributed by atoms with Crippen molar-refractivity contribution in [3.8, 4) is 0 Å². The van der Waals surface area contributed by atoms with Gasteiger partial charge in [0.1, 0.15) is 12.2 Å². The second-order valence-electron chi connectivity index (χ2n) is 4.02. The van der Waals surface area contributed by atoms with E-state index in [1.807, 2.05) is 13.8 Å². The summed E-state index contributed by atoms with van der Waals surface area (Å²) in [6.07, 6.45) is -1.24. The molecular weight excluding hydrogens is 212 g/mol. The van der Waals surface area contributed by atoms with Gasteiger partial charge in [0, 0.05) is 21.1 Å². The Morgan fingerprint density at radius 2 is 1.50 bits per heavy atom. The summed E-state index contributed by atoms with van der Waals surface area (Å²) < 4.78 is 21.6. The monoisotopic (exact) mass is 232 g/mol. The van der Waals surface area contributed by atoms with Crippen LogP contribution in [0.25, 0.3) is 0 Å². The van der Waals surface area contributed by atoms with Gasteiger partial charge in [0.05, 0.1) is 12.2 Å². The normalized spacial score (nSPS) is 39.4. The van der Waals surface area contributed by atoms with Crippen molar-refractivity contribution in [3.63, 3.8) is 0 Å². The Hall–Kier alpha value is -0.650. The van der Waals surface area contributed by atoms with Crippen LogP contribution in [0, 0.1) is 0 Å². The zero-order valence-electron chi connectivity index (χ0n) is 10.4. The molecule has 5 nitrogen and oxygen atoms in total. The van der Waals surface area contributed by atoms with Gasteiger partial charge in [-0.3, -0.25) is 4.79 Å². The summed E-state index contributed by atoms with van der Waals surface area (Å²) in [5.41, 5.74) is 0. The van der Waals surface area contributed by atoms with E-state index in [1.165, 1.54) is 6.92 Å². The average Bonchev–Trinajstić information content (AvgIpc) is 2.20. The van der Waals surface area contributed by atoms with E-state index in [-0.39, 0.29) is 30.4 Å². The van der Waals surface area contributed by atoms with Gasteiger partial charge in [-0.25, -0.2) is 0 Å². The lowest BCUT2D eigenvalue weighted by Crippen LogP contribution is -2.58. The first-order valence-corrected chi connectivity index (χ1v) is 5.39. The zero-order valence-corrected chi connectivity index (χ0v) is 10.4. The average molecular weight is 232 g/mol. The minimum absolute atomic E-state index is 0.0863. The van der Waals surface area contributed by atoms with Gasteiger partial charge in [-0.15, -0.1) is 0 Å². The van der Waals surface area contributed by atoms with E-state index in [2.05, 4.69) is 0 Å². The van der Waals surface area contributed by atoms with Gasteiger partial charge in [-0.1, -0.05) is 0 Å². The SMILES string of the molecule is CO[C@H]1[C@@H](OC)[C@H](C)O[C@H](C)[C@H]1OC(C)=O. The first-order chi connectivity index (χ1) is 7.51. The summed E-state index contributed by atoms with van der Waals surface area (Å²) >= 11 is 0. The molecule has 0 aliphatic carbocycles. The van der Waals surface area contributed by atoms with Crippen LogP contribution in [0.4, 0.5) is 0 Å². The minimum Gasteiger partial charge on any atom is -0.457 e. The molecule has 0 bridgehead atoms. The van der Waals surface area contributed by atoms with Crippen LogP contribution in [0.1, 0.15) is 20.8 Å². The van der Waals surface area contributed by atoms with E-state index in [0.717, 1.165) is 0 Å². The van der Waals surface area contributed by atoms with E-state index in [0.29, 0.717) is 0 Å². The highest BCUT2D eigenvalue weighted by atomic mass is 16.6.